The number of methoxy groups -OCH3 is 1. The molecule has 112 valence electrons. The number of rotatable bonds is 4. The van der Waals surface area contributed by atoms with Crippen LogP contribution in [-0.4, -0.2) is 29.7 Å². The third-order valence-corrected chi connectivity index (χ3v) is 4.41. The summed E-state index contributed by atoms with van der Waals surface area (Å²) >= 11 is 0. The molecular weight excluding hydrogens is 250 g/mol. The van der Waals surface area contributed by atoms with Crippen LogP contribution in [0.4, 0.5) is 0 Å². The van der Waals surface area contributed by atoms with Gasteiger partial charge in [0.15, 0.2) is 0 Å². The van der Waals surface area contributed by atoms with Crippen LogP contribution in [0.3, 0.4) is 0 Å². The van der Waals surface area contributed by atoms with Crippen LogP contribution in [-0.2, 0) is 6.54 Å². The number of aliphatic hydroxyl groups excluding tert-OH is 1. The molecule has 1 fully saturated rings. The lowest BCUT2D eigenvalue weighted by Gasteiger charge is -2.37. The summed E-state index contributed by atoms with van der Waals surface area (Å²) in [7, 11) is 1.71. The van der Waals surface area contributed by atoms with Gasteiger partial charge >= 0.3 is 0 Å². The highest BCUT2D eigenvalue weighted by Crippen LogP contribution is 2.28. The first-order chi connectivity index (χ1) is 9.51. The molecule has 1 saturated heterocycles. The van der Waals surface area contributed by atoms with Crippen LogP contribution in [0.1, 0.15) is 50.8 Å². The summed E-state index contributed by atoms with van der Waals surface area (Å²) in [5.41, 5.74) is 2.13. The van der Waals surface area contributed by atoms with Crippen molar-refractivity contribution >= 4 is 0 Å². The van der Waals surface area contributed by atoms with E-state index in [-0.39, 0.29) is 0 Å². The number of nitrogens with zero attached hydrogens (tertiary/aromatic N) is 1. The summed E-state index contributed by atoms with van der Waals surface area (Å²) in [6, 6.07) is 6.60. The molecule has 1 aromatic rings. The van der Waals surface area contributed by atoms with E-state index in [1.165, 1.54) is 18.4 Å². The Morgan fingerprint density at radius 1 is 1.35 bits per heavy atom. The predicted octanol–water partition coefficient (Wildman–Crippen LogP) is 3.37. The number of ether oxygens (including phenoxy) is 1. The van der Waals surface area contributed by atoms with Gasteiger partial charge in [-0.2, -0.15) is 0 Å². The number of likely N-dealkylation sites (tertiary alicyclic amines) is 1. The summed E-state index contributed by atoms with van der Waals surface area (Å²) in [6.07, 6.45) is 2.15. The van der Waals surface area contributed by atoms with Gasteiger partial charge in [0.1, 0.15) is 5.75 Å². The average Bonchev–Trinajstić information content (AvgIpc) is 2.42. The highest BCUT2D eigenvalue weighted by Gasteiger charge is 2.23. The van der Waals surface area contributed by atoms with Gasteiger partial charge in [-0.3, -0.25) is 4.90 Å². The molecule has 2 rings (SSSR count). The Labute approximate surface area is 122 Å². The summed E-state index contributed by atoms with van der Waals surface area (Å²) < 4.78 is 5.48. The standard InChI is InChI=1S/C17H27NO2/c1-12-5-6-13(2)18(10-12)11-16-9-15(14(3)19)7-8-17(16)20-4/h7-9,12-14,19H,5-6,10-11H2,1-4H3. The first-order valence-corrected chi connectivity index (χ1v) is 7.60. The van der Waals surface area contributed by atoms with Gasteiger partial charge in [-0.05, 0) is 50.3 Å². The van der Waals surface area contributed by atoms with E-state index < -0.39 is 6.10 Å². The lowest BCUT2D eigenvalue weighted by atomic mass is 9.94. The molecule has 20 heavy (non-hydrogen) atoms. The number of hydrogen-bond acceptors (Lipinski definition) is 3. The van der Waals surface area contributed by atoms with E-state index in [0.29, 0.717) is 6.04 Å². The van der Waals surface area contributed by atoms with E-state index in [1.54, 1.807) is 14.0 Å². The lowest BCUT2D eigenvalue weighted by molar-refractivity contribution is 0.116. The summed E-state index contributed by atoms with van der Waals surface area (Å²) in [5.74, 6) is 1.68. The van der Waals surface area contributed by atoms with E-state index in [9.17, 15) is 5.11 Å². The van der Waals surface area contributed by atoms with E-state index in [2.05, 4.69) is 24.8 Å². The van der Waals surface area contributed by atoms with Crippen molar-refractivity contribution in [1.29, 1.82) is 0 Å². The predicted molar refractivity (Wildman–Crippen MR) is 81.9 cm³/mol. The van der Waals surface area contributed by atoms with Gasteiger partial charge in [0, 0.05) is 24.7 Å². The van der Waals surface area contributed by atoms with Gasteiger partial charge in [-0.15, -0.1) is 0 Å². The van der Waals surface area contributed by atoms with Crippen LogP contribution < -0.4 is 4.74 Å². The van der Waals surface area contributed by atoms with Crippen molar-refractivity contribution < 1.29 is 9.84 Å². The van der Waals surface area contributed by atoms with Crippen molar-refractivity contribution in [3.63, 3.8) is 0 Å². The Hall–Kier alpha value is -1.06. The molecule has 0 amide bonds. The molecule has 0 radical (unpaired) electrons. The maximum atomic E-state index is 9.76. The fourth-order valence-electron chi connectivity index (χ4n) is 3.00. The second-order valence-electron chi connectivity index (χ2n) is 6.21. The molecule has 3 atom stereocenters. The molecule has 0 aliphatic carbocycles. The van der Waals surface area contributed by atoms with Crippen molar-refractivity contribution in [1.82, 2.24) is 4.90 Å². The summed E-state index contributed by atoms with van der Waals surface area (Å²) in [5, 5.41) is 9.76. The van der Waals surface area contributed by atoms with Crippen LogP contribution in [0.5, 0.6) is 5.75 Å². The minimum atomic E-state index is -0.433. The zero-order chi connectivity index (χ0) is 14.7. The molecule has 1 heterocycles. The number of benzene rings is 1. The van der Waals surface area contributed by atoms with E-state index in [4.69, 9.17) is 4.74 Å². The SMILES string of the molecule is COc1ccc(C(C)O)cc1CN1CC(C)CCC1C. The molecule has 3 unspecified atom stereocenters. The number of hydrogen-bond donors (Lipinski definition) is 1. The first kappa shape index (κ1) is 15.3. The van der Waals surface area contributed by atoms with E-state index in [0.717, 1.165) is 30.3 Å². The Bertz CT molecular complexity index is 445. The van der Waals surface area contributed by atoms with Crippen molar-refractivity contribution in [2.75, 3.05) is 13.7 Å². The zero-order valence-corrected chi connectivity index (χ0v) is 13.1. The highest BCUT2D eigenvalue weighted by molar-refractivity contribution is 5.38. The smallest absolute Gasteiger partial charge is 0.123 e. The van der Waals surface area contributed by atoms with Crippen LogP contribution >= 0.6 is 0 Å². The monoisotopic (exact) mass is 277 g/mol. The maximum absolute atomic E-state index is 9.76. The average molecular weight is 277 g/mol. The Kier molecular flexibility index (Phi) is 5.06. The molecular formula is C17H27NO2. The third-order valence-electron chi connectivity index (χ3n) is 4.41. The number of aliphatic hydroxyl groups is 1. The van der Waals surface area contributed by atoms with Crippen LogP contribution in [0.2, 0.25) is 0 Å². The molecule has 3 nitrogen and oxygen atoms in total. The Morgan fingerprint density at radius 3 is 2.75 bits per heavy atom. The minimum absolute atomic E-state index is 0.433. The molecule has 3 heteroatoms. The fraction of sp³-hybridized carbons (Fsp3) is 0.647. The summed E-state index contributed by atoms with van der Waals surface area (Å²) in [6.45, 7) is 8.47. The largest absolute Gasteiger partial charge is 0.496 e. The topological polar surface area (TPSA) is 32.7 Å². The Balaban J connectivity index is 2.20. The Morgan fingerprint density at radius 2 is 2.10 bits per heavy atom. The third kappa shape index (κ3) is 3.53. The lowest BCUT2D eigenvalue weighted by Crippen LogP contribution is -2.40. The van der Waals surface area contributed by atoms with Gasteiger partial charge in [-0.1, -0.05) is 13.0 Å². The van der Waals surface area contributed by atoms with Crippen molar-refractivity contribution in [3.8, 4) is 5.75 Å². The molecule has 0 spiro atoms. The van der Waals surface area contributed by atoms with Gasteiger partial charge < -0.3 is 9.84 Å². The molecule has 1 N–H and O–H groups in total. The maximum Gasteiger partial charge on any atom is 0.123 e. The van der Waals surface area contributed by atoms with Crippen LogP contribution in [0.15, 0.2) is 18.2 Å². The second-order valence-corrected chi connectivity index (χ2v) is 6.21. The first-order valence-electron chi connectivity index (χ1n) is 7.60. The zero-order valence-electron chi connectivity index (χ0n) is 13.1. The van der Waals surface area contributed by atoms with Crippen LogP contribution in [0.25, 0.3) is 0 Å². The molecule has 1 aromatic carbocycles. The normalized spacial score (nSPS) is 25.4. The fourth-order valence-corrected chi connectivity index (χ4v) is 3.00. The molecule has 0 aromatic heterocycles. The van der Waals surface area contributed by atoms with Crippen LogP contribution in [0, 0.1) is 5.92 Å². The van der Waals surface area contributed by atoms with Gasteiger partial charge in [0.05, 0.1) is 13.2 Å². The van der Waals surface area contributed by atoms with Gasteiger partial charge in [0.2, 0.25) is 0 Å². The van der Waals surface area contributed by atoms with Gasteiger partial charge in [0.25, 0.3) is 0 Å². The van der Waals surface area contributed by atoms with Crippen molar-refractivity contribution in [2.24, 2.45) is 5.92 Å². The number of piperidine rings is 1. The van der Waals surface area contributed by atoms with Crippen molar-refractivity contribution in [3.05, 3.63) is 29.3 Å². The quantitative estimate of drug-likeness (QED) is 0.916. The highest BCUT2D eigenvalue weighted by atomic mass is 16.5. The minimum Gasteiger partial charge on any atom is -0.496 e. The molecule has 0 bridgehead atoms. The second kappa shape index (κ2) is 6.59. The van der Waals surface area contributed by atoms with E-state index in [1.807, 2.05) is 12.1 Å². The molecule has 1 aliphatic rings. The summed E-state index contributed by atoms with van der Waals surface area (Å²) in [4.78, 5) is 2.53. The van der Waals surface area contributed by atoms with Gasteiger partial charge in [-0.25, -0.2) is 0 Å². The molecule has 0 saturated carbocycles. The molecule has 1 aliphatic heterocycles. The van der Waals surface area contributed by atoms with Crippen molar-refractivity contribution in [2.45, 2.75) is 52.3 Å². The van der Waals surface area contributed by atoms with E-state index >= 15 is 0 Å².